The second-order valence-electron chi connectivity index (χ2n) is 5.33. The lowest BCUT2D eigenvalue weighted by Gasteiger charge is -2.09. The van der Waals surface area contributed by atoms with Crippen molar-refractivity contribution in [1.82, 2.24) is 0 Å². The molecule has 0 spiro atoms. The zero-order valence-electron chi connectivity index (χ0n) is 12.0. The highest BCUT2D eigenvalue weighted by Gasteiger charge is 2.17. The van der Waals surface area contributed by atoms with Gasteiger partial charge < -0.3 is 5.73 Å². The molecule has 0 atom stereocenters. The van der Waals surface area contributed by atoms with Crippen molar-refractivity contribution in [2.24, 2.45) is 0 Å². The van der Waals surface area contributed by atoms with Crippen LogP contribution >= 0.6 is 11.6 Å². The van der Waals surface area contributed by atoms with Gasteiger partial charge in [0, 0.05) is 10.7 Å². The number of benzene rings is 2. The van der Waals surface area contributed by atoms with Crippen LogP contribution < -0.4 is 5.73 Å². The molecule has 2 aromatic carbocycles. The molecule has 3 nitrogen and oxygen atoms in total. The highest BCUT2D eigenvalue weighted by molar-refractivity contribution is 7.90. The highest BCUT2D eigenvalue weighted by Crippen LogP contribution is 2.25. The summed E-state index contributed by atoms with van der Waals surface area (Å²) in [6.45, 7) is 4.13. The summed E-state index contributed by atoms with van der Waals surface area (Å²) < 4.78 is 24.9. The zero-order chi connectivity index (χ0) is 15.6. The molecule has 0 amide bonds. The first-order chi connectivity index (χ1) is 9.79. The van der Waals surface area contributed by atoms with Gasteiger partial charge in [-0.3, -0.25) is 0 Å². The normalized spacial score (nSPS) is 11.8. The molecule has 0 fully saturated rings. The lowest BCUT2D eigenvalue weighted by Crippen LogP contribution is -2.06. The van der Waals surface area contributed by atoms with Crippen LogP contribution in [0.25, 0.3) is 0 Å². The Morgan fingerprint density at radius 3 is 2.24 bits per heavy atom. The van der Waals surface area contributed by atoms with E-state index in [0.29, 0.717) is 27.1 Å². The van der Waals surface area contributed by atoms with E-state index in [4.69, 9.17) is 17.3 Å². The van der Waals surface area contributed by atoms with Crippen molar-refractivity contribution in [1.29, 1.82) is 0 Å². The van der Waals surface area contributed by atoms with Crippen LogP contribution in [-0.4, -0.2) is 8.42 Å². The van der Waals surface area contributed by atoms with E-state index in [-0.39, 0.29) is 5.75 Å². The van der Waals surface area contributed by atoms with E-state index in [2.05, 4.69) is 13.8 Å². The van der Waals surface area contributed by atoms with Gasteiger partial charge in [0.2, 0.25) is 0 Å². The molecule has 5 heteroatoms. The second-order valence-corrected chi connectivity index (χ2v) is 7.73. The van der Waals surface area contributed by atoms with E-state index in [1.165, 1.54) is 0 Å². The Balaban J connectivity index is 2.29. The molecular weight excluding hydrogens is 306 g/mol. The number of anilines is 1. The maximum Gasteiger partial charge on any atom is 0.182 e. The van der Waals surface area contributed by atoms with Gasteiger partial charge in [0.15, 0.2) is 9.84 Å². The summed E-state index contributed by atoms with van der Waals surface area (Å²) in [5.41, 5.74) is 7.79. The highest BCUT2D eigenvalue weighted by atomic mass is 35.5. The van der Waals surface area contributed by atoms with Crippen molar-refractivity contribution in [3.63, 3.8) is 0 Å². The molecule has 0 saturated heterocycles. The van der Waals surface area contributed by atoms with Gasteiger partial charge in [-0.2, -0.15) is 0 Å². The minimum absolute atomic E-state index is 0.132. The summed E-state index contributed by atoms with van der Waals surface area (Å²) in [5, 5.41) is 0.373. The standard InChI is InChI=1S/C16H18ClNO2S/c1-11(2)12-4-7-15(8-5-12)21(19,20)10-13-3-6-14(18)9-16(13)17/h3-9,11H,10,18H2,1-2H3. The van der Waals surface area contributed by atoms with E-state index in [9.17, 15) is 8.42 Å². The van der Waals surface area contributed by atoms with Crippen LogP contribution in [0.2, 0.25) is 5.02 Å². The van der Waals surface area contributed by atoms with Crippen molar-refractivity contribution >= 4 is 27.1 Å². The van der Waals surface area contributed by atoms with E-state index >= 15 is 0 Å². The molecule has 0 heterocycles. The molecule has 21 heavy (non-hydrogen) atoms. The molecule has 0 saturated carbocycles. The fourth-order valence-corrected chi connectivity index (χ4v) is 3.74. The van der Waals surface area contributed by atoms with Crippen LogP contribution in [0.15, 0.2) is 47.4 Å². The summed E-state index contributed by atoms with van der Waals surface area (Å²) in [7, 11) is -3.42. The number of hydrogen-bond acceptors (Lipinski definition) is 3. The number of nitrogens with two attached hydrogens (primary N) is 1. The van der Waals surface area contributed by atoms with Gasteiger partial charge in [-0.1, -0.05) is 43.6 Å². The largest absolute Gasteiger partial charge is 0.399 e. The summed E-state index contributed by atoms with van der Waals surface area (Å²) in [6.07, 6.45) is 0. The van der Waals surface area contributed by atoms with Crippen LogP contribution in [-0.2, 0) is 15.6 Å². The van der Waals surface area contributed by atoms with E-state index in [0.717, 1.165) is 5.56 Å². The van der Waals surface area contributed by atoms with Crippen molar-refractivity contribution < 1.29 is 8.42 Å². The SMILES string of the molecule is CC(C)c1ccc(S(=O)(=O)Cc2ccc(N)cc2Cl)cc1. The fourth-order valence-electron chi connectivity index (χ4n) is 2.03. The lowest BCUT2D eigenvalue weighted by molar-refractivity contribution is 0.595. The molecule has 2 aromatic rings. The van der Waals surface area contributed by atoms with Crippen LogP contribution in [0, 0.1) is 0 Å². The molecule has 0 radical (unpaired) electrons. The smallest absolute Gasteiger partial charge is 0.182 e. The summed E-state index contributed by atoms with van der Waals surface area (Å²) in [6, 6.07) is 11.9. The van der Waals surface area contributed by atoms with Crippen LogP contribution in [0.1, 0.15) is 30.9 Å². The lowest BCUT2D eigenvalue weighted by atomic mass is 10.0. The third kappa shape index (κ3) is 3.77. The first kappa shape index (κ1) is 15.9. The molecule has 0 aliphatic heterocycles. The van der Waals surface area contributed by atoms with Gasteiger partial charge in [0.05, 0.1) is 10.6 Å². The number of sulfone groups is 1. The van der Waals surface area contributed by atoms with Crippen molar-refractivity contribution in [3.05, 3.63) is 58.6 Å². The van der Waals surface area contributed by atoms with Crippen LogP contribution in [0.4, 0.5) is 5.69 Å². The third-order valence-electron chi connectivity index (χ3n) is 3.33. The number of nitrogen functional groups attached to an aromatic ring is 1. The Bertz CT molecular complexity index is 737. The predicted octanol–water partition coefficient (Wildman–Crippen LogP) is 4.02. The number of halogens is 1. The molecule has 112 valence electrons. The summed E-state index contributed by atoms with van der Waals surface area (Å²) in [4.78, 5) is 0.305. The van der Waals surface area contributed by atoms with Gasteiger partial charge in [0.25, 0.3) is 0 Å². The van der Waals surface area contributed by atoms with Gasteiger partial charge >= 0.3 is 0 Å². The summed E-state index contributed by atoms with van der Waals surface area (Å²) >= 11 is 6.05. The Hall–Kier alpha value is -1.52. The monoisotopic (exact) mass is 323 g/mol. The molecule has 0 aliphatic carbocycles. The predicted molar refractivity (Wildman–Crippen MR) is 87.3 cm³/mol. The Kier molecular flexibility index (Phi) is 4.59. The molecular formula is C16H18ClNO2S. The van der Waals surface area contributed by atoms with Crippen LogP contribution in [0.5, 0.6) is 0 Å². The van der Waals surface area contributed by atoms with Crippen molar-refractivity contribution in [2.75, 3.05) is 5.73 Å². The molecule has 0 aromatic heterocycles. The van der Waals surface area contributed by atoms with E-state index < -0.39 is 9.84 Å². The van der Waals surface area contributed by atoms with Gasteiger partial charge in [-0.15, -0.1) is 0 Å². The minimum atomic E-state index is -3.42. The molecule has 2 rings (SSSR count). The number of hydrogen-bond donors (Lipinski definition) is 1. The molecule has 0 unspecified atom stereocenters. The van der Waals surface area contributed by atoms with Crippen molar-refractivity contribution in [3.8, 4) is 0 Å². The second kappa shape index (κ2) is 6.08. The average molecular weight is 324 g/mol. The zero-order valence-corrected chi connectivity index (χ0v) is 13.6. The van der Waals surface area contributed by atoms with Crippen LogP contribution in [0.3, 0.4) is 0 Å². The number of rotatable bonds is 4. The maximum absolute atomic E-state index is 12.4. The topological polar surface area (TPSA) is 60.2 Å². The first-order valence-electron chi connectivity index (χ1n) is 6.66. The molecule has 2 N–H and O–H groups in total. The van der Waals surface area contributed by atoms with Gasteiger partial charge in [-0.25, -0.2) is 8.42 Å². The first-order valence-corrected chi connectivity index (χ1v) is 8.69. The quantitative estimate of drug-likeness (QED) is 0.864. The maximum atomic E-state index is 12.4. The van der Waals surface area contributed by atoms with E-state index in [1.54, 1.807) is 30.3 Å². The average Bonchev–Trinajstić information content (AvgIpc) is 2.42. The van der Waals surface area contributed by atoms with Gasteiger partial charge in [-0.05, 0) is 41.3 Å². The fraction of sp³-hybridized carbons (Fsp3) is 0.250. The van der Waals surface area contributed by atoms with Gasteiger partial charge in [0.1, 0.15) is 0 Å². The van der Waals surface area contributed by atoms with Crippen molar-refractivity contribution in [2.45, 2.75) is 30.4 Å². The van der Waals surface area contributed by atoms with E-state index in [1.807, 2.05) is 12.1 Å². The Morgan fingerprint density at radius 2 is 1.71 bits per heavy atom. The Labute approximate surface area is 130 Å². The third-order valence-corrected chi connectivity index (χ3v) is 5.36. The molecule has 0 bridgehead atoms. The Morgan fingerprint density at radius 1 is 1.10 bits per heavy atom. The minimum Gasteiger partial charge on any atom is -0.399 e. The molecule has 0 aliphatic rings. The summed E-state index contributed by atoms with van der Waals surface area (Å²) in [5.74, 6) is 0.237.